The molecule has 142 valence electrons. The van der Waals surface area contributed by atoms with E-state index in [2.05, 4.69) is 0 Å². The fraction of sp³-hybridized carbons (Fsp3) is 0.300. The van der Waals surface area contributed by atoms with E-state index in [0.29, 0.717) is 17.9 Å². The molecule has 0 saturated carbocycles. The number of aliphatic hydroxyl groups is 1. The van der Waals surface area contributed by atoms with Crippen molar-refractivity contribution in [1.29, 1.82) is 0 Å². The smallest absolute Gasteiger partial charge is 0.290 e. The lowest BCUT2D eigenvalue weighted by Crippen LogP contribution is -2.34. The predicted octanol–water partition coefficient (Wildman–Crippen LogP) is 2.90. The van der Waals surface area contributed by atoms with E-state index in [1.54, 1.807) is 30.3 Å². The van der Waals surface area contributed by atoms with Crippen molar-refractivity contribution in [3.8, 4) is 5.75 Å². The summed E-state index contributed by atoms with van der Waals surface area (Å²) in [5.41, 5.74) is 0.643. The molecule has 1 aliphatic heterocycles. The van der Waals surface area contributed by atoms with Crippen molar-refractivity contribution < 1.29 is 28.6 Å². The lowest BCUT2D eigenvalue weighted by molar-refractivity contribution is -0.130. The molecule has 0 fully saturated rings. The average molecular weight is 371 g/mol. The van der Waals surface area contributed by atoms with Gasteiger partial charge in [0.2, 0.25) is 5.78 Å². The van der Waals surface area contributed by atoms with Gasteiger partial charge in [0.1, 0.15) is 5.75 Å². The number of aliphatic hydroxyl groups excluding tert-OH is 1. The van der Waals surface area contributed by atoms with Gasteiger partial charge < -0.3 is 23.9 Å². The highest BCUT2D eigenvalue weighted by Crippen LogP contribution is 2.39. The van der Waals surface area contributed by atoms with Crippen LogP contribution in [0.4, 0.5) is 0 Å². The van der Waals surface area contributed by atoms with Crippen LogP contribution in [0.25, 0.3) is 0 Å². The summed E-state index contributed by atoms with van der Waals surface area (Å²) in [6.07, 6.45) is 1.37. The Bertz CT molecular complexity index is 855. The third-order valence-electron chi connectivity index (χ3n) is 4.31. The zero-order chi connectivity index (χ0) is 19.4. The normalized spacial score (nSPS) is 16.9. The highest BCUT2D eigenvalue weighted by atomic mass is 16.5. The van der Waals surface area contributed by atoms with Gasteiger partial charge in [-0.1, -0.05) is 12.1 Å². The molecule has 7 heteroatoms. The number of benzene rings is 1. The molecule has 27 heavy (non-hydrogen) atoms. The molecule has 2 heterocycles. The number of ether oxygens (including phenoxy) is 2. The third-order valence-corrected chi connectivity index (χ3v) is 4.31. The molecule has 2 aromatic rings. The number of amides is 1. The number of rotatable bonds is 8. The van der Waals surface area contributed by atoms with E-state index in [9.17, 15) is 14.7 Å². The summed E-state index contributed by atoms with van der Waals surface area (Å²) in [6.45, 7) is 2.84. The number of hydrogen-bond acceptors (Lipinski definition) is 6. The SMILES string of the molecule is CCOc1cccc(C2C(C(=O)c3ccco3)=C(O)C(=O)N2CCOC)c1. The minimum atomic E-state index is -0.759. The van der Waals surface area contributed by atoms with Gasteiger partial charge in [0.05, 0.1) is 31.1 Å². The first-order chi connectivity index (χ1) is 13.1. The van der Waals surface area contributed by atoms with E-state index in [1.807, 2.05) is 6.92 Å². The van der Waals surface area contributed by atoms with Gasteiger partial charge >= 0.3 is 0 Å². The Hall–Kier alpha value is -3.06. The molecule has 1 amide bonds. The van der Waals surface area contributed by atoms with Crippen molar-refractivity contribution >= 4 is 11.7 Å². The van der Waals surface area contributed by atoms with Crippen molar-refractivity contribution in [2.75, 3.05) is 26.9 Å². The fourth-order valence-electron chi connectivity index (χ4n) is 3.13. The first-order valence-electron chi connectivity index (χ1n) is 8.62. The van der Waals surface area contributed by atoms with Crippen LogP contribution in [-0.2, 0) is 9.53 Å². The molecule has 0 bridgehead atoms. The van der Waals surface area contributed by atoms with E-state index in [1.165, 1.54) is 24.3 Å². The van der Waals surface area contributed by atoms with Gasteiger partial charge in [0.15, 0.2) is 11.5 Å². The number of methoxy groups -OCH3 is 1. The van der Waals surface area contributed by atoms with Crippen LogP contribution in [0.15, 0.2) is 58.4 Å². The Morgan fingerprint density at radius 2 is 2.11 bits per heavy atom. The quantitative estimate of drug-likeness (QED) is 0.718. The maximum atomic E-state index is 12.9. The van der Waals surface area contributed by atoms with Crippen LogP contribution in [0.5, 0.6) is 5.75 Å². The molecule has 0 spiro atoms. The highest BCUT2D eigenvalue weighted by molar-refractivity contribution is 6.15. The Morgan fingerprint density at radius 3 is 2.78 bits per heavy atom. The maximum absolute atomic E-state index is 12.9. The molecular formula is C20H21NO6. The Balaban J connectivity index is 2.06. The highest BCUT2D eigenvalue weighted by Gasteiger charge is 2.44. The zero-order valence-electron chi connectivity index (χ0n) is 15.2. The molecule has 1 atom stereocenters. The monoisotopic (exact) mass is 371 g/mol. The first kappa shape index (κ1) is 18.7. The summed E-state index contributed by atoms with van der Waals surface area (Å²) in [5.74, 6) is -1.04. The molecule has 1 N–H and O–H groups in total. The van der Waals surface area contributed by atoms with E-state index in [-0.39, 0.29) is 24.5 Å². The van der Waals surface area contributed by atoms with Crippen LogP contribution >= 0.6 is 0 Å². The minimum Gasteiger partial charge on any atom is -0.503 e. The lowest BCUT2D eigenvalue weighted by Gasteiger charge is -2.26. The summed E-state index contributed by atoms with van der Waals surface area (Å²) < 4.78 is 15.8. The van der Waals surface area contributed by atoms with E-state index >= 15 is 0 Å². The van der Waals surface area contributed by atoms with Crippen LogP contribution < -0.4 is 4.74 Å². The van der Waals surface area contributed by atoms with Gasteiger partial charge in [-0.05, 0) is 36.8 Å². The predicted molar refractivity (Wildman–Crippen MR) is 96.6 cm³/mol. The fourth-order valence-corrected chi connectivity index (χ4v) is 3.13. The summed E-state index contributed by atoms with van der Waals surface area (Å²) in [7, 11) is 1.52. The standard InChI is InChI=1S/C20H21NO6/c1-3-26-14-7-4-6-13(12-14)17-16(18(22)15-8-5-10-27-15)19(23)20(24)21(17)9-11-25-2/h4-8,10,12,17,23H,3,9,11H2,1-2H3. The summed E-state index contributed by atoms with van der Waals surface area (Å²) in [4.78, 5) is 27.0. The van der Waals surface area contributed by atoms with Crippen LogP contribution in [-0.4, -0.2) is 48.6 Å². The zero-order valence-corrected chi connectivity index (χ0v) is 15.2. The van der Waals surface area contributed by atoms with Gasteiger partial charge in [-0.25, -0.2) is 0 Å². The van der Waals surface area contributed by atoms with Gasteiger partial charge in [0.25, 0.3) is 5.91 Å². The number of carbonyl (C=O) groups excluding carboxylic acids is 2. The van der Waals surface area contributed by atoms with Crippen molar-refractivity contribution in [3.63, 3.8) is 0 Å². The lowest BCUT2D eigenvalue weighted by atomic mass is 9.95. The molecule has 0 saturated heterocycles. The van der Waals surface area contributed by atoms with Crippen molar-refractivity contribution in [3.05, 3.63) is 65.3 Å². The van der Waals surface area contributed by atoms with Crippen molar-refractivity contribution in [2.45, 2.75) is 13.0 Å². The second-order valence-corrected chi connectivity index (χ2v) is 5.97. The van der Waals surface area contributed by atoms with Gasteiger partial charge in [-0.3, -0.25) is 9.59 Å². The molecule has 1 aliphatic rings. The summed E-state index contributed by atoms with van der Waals surface area (Å²) >= 11 is 0. The number of hydrogen-bond donors (Lipinski definition) is 1. The van der Waals surface area contributed by atoms with E-state index < -0.39 is 23.5 Å². The first-order valence-corrected chi connectivity index (χ1v) is 8.62. The summed E-state index contributed by atoms with van der Waals surface area (Å²) in [6, 6.07) is 9.44. The minimum absolute atomic E-state index is 0.0142. The molecule has 1 aromatic carbocycles. The topological polar surface area (TPSA) is 89.2 Å². The third kappa shape index (κ3) is 3.59. The van der Waals surface area contributed by atoms with E-state index in [0.717, 1.165) is 0 Å². The number of Topliss-reactive ketones (excluding diaryl/α,β-unsaturated/α-hetero) is 1. The molecule has 1 unspecified atom stereocenters. The van der Waals surface area contributed by atoms with E-state index in [4.69, 9.17) is 13.9 Å². The second kappa shape index (κ2) is 8.09. The molecular weight excluding hydrogens is 350 g/mol. The van der Waals surface area contributed by atoms with Crippen LogP contribution in [0.1, 0.15) is 29.1 Å². The molecule has 3 rings (SSSR count). The molecule has 0 radical (unpaired) electrons. The maximum Gasteiger partial charge on any atom is 0.290 e. The average Bonchev–Trinajstić information content (AvgIpc) is 3.28. The molecule has 0 aliphatic carbocycles. The largest absolute Gasteiger partial charge is 0.503 e. The van der Waals surface area contributed by atoms with Crippen molar-refractivity contribution in [1.82, 2.24) is 4.90 Å². The Kier molecular flexibility index (Phi) is 5.61. The second-order valence-electron chi connectivity index (χ2n) is 5.97. The van der Waals surface area contributed by atoms with Crippen LogP contribution in [0.2, 0.25) is 0 Å². The number of ketones is 1. The van der Waals surface area contributed by atoms with Crippen molar-refractivity contribution in [2.24, 2.45) is 0 Å². The Labute approximate surface area is 156 Å². The van der Waals surface area contributed by atoms with Gasteiger partial charge in [-0.15, -0.1) is 0 Å². The number of nitrogens with zero attached hydrogens (tertiary/aromatic N) is 1. The van der Waals surface area contributed by atoms with Crippen LogP contribution in [0, 0.1) is 0 Å². The number of carbonyl (C=O) groups is 2. The molecule has 1 aromatic heterocycles. The summed E-state index contributed by atoms with van der Waals surface area (Å²) in [5, 5.41) is 10.5. The van der Waals surface area contributed by atoms with Gasteiger partial charge in [-0.2, -0.15) is 0 Å². The molecule has 7 nitrogen and oxygen atoms in total. The number of furan rings is 1. The van der Waals surface area contributed by atoms with Crippen LogP contribution in [0.3, 0.4) is 0 Å². The Morgan fingerprint density at radius 1 is 1.30 bits per heavy atom. The van der Waals surface area contributed by atoms with Gasteiger partial charge in [0, 0.05) is 13.7 Å².